The Hall–Kier alpha value is -2.02. The SMILES string of the molecule is CSCC[C@H](NC(N)=O)C(=O)OCC(=O)c1ccc2c(c1)CCCC2. The first-order valence-corrected chi connectivity index (χ1v) is 9.77. The number of Topliss-reactive ketones (excluding diaryl/α,β-unsaturated/α-hetero) is 1. The topological polar surface area (TPSA) is 98.5 Å². The minimum atomic E-state index is -0.832. The number of ether oxygens (including phenoxy) is 1. The van der Waals surface area contributed by atoms with Crippen molar-refractivity contribution in [3.05, 3.63) is 34.9 Å². The molecule has 0 saturated carbocycles. The summed E-state index contributed by atoms with van der Waals surface area (Å²) < 4.78 is 5.09. The molecule has 2 amide bonds. The van der Waals surface area contributed by atoms with Gasteiger partial charge in [0.2, 0.25) is 0 Å². The summed E-state index contributed by atoms with van der Waals surface area (Å²) in [4.78, 5) is 35.4. The average Bonchev–Trinajstić information content (AvgIpc) is 2.62. The van der Waals surface area contributed by atoms with E-state index in [-0.39, 0.29) is 12.4 Å². The summed E-state index contributed by atoms with van der Waals surface area (Å²) in [7, 11) is 0. The van der Waals surface area contributed by atoms with Crippen LogP contribution in [0.4, 0.5) is 4.79 Å². The van der Waals surface area contributed by atoms with Gasteiger partial charge in [0, 0.05) is 5.56 Å². The average molecular weight is 364 g/mol. The van der Waals surface area contributed by atoms with Gasteiger partial charge in [-0.15, -0.1) is 0 Å². The number of esters is 1. The Morgan fingerprint density at radius 3 is 2.64 bits per heavy atom. The van der Waals surface area contributed by atoms with E-state index in [1.54, 1.807) is 17.8 Å². The molecule has 136 valence electrons. The summed E-state index contributed by atoms with van der Waals surface area (Å²) in [5.41, 5.74) is 8.14. The van der Waals surface area contributed by atoms with Crippen molar-refractivity contribution in [1.82, 2.24) is 5.32 Å². The first-order chi connectivity index (χ1) is 12.0. The van der Waals surface area contributed by atoms with Crippen molar-refractivity contribution in [2.45, 2.75) is 38.1 Å². The quantitative estimate of drug-likeness (QED) is 0.543. The van der Waals surface area contributed by atoms with Gasteiger partial charge in [-0.05, 0) is 61.3 Å². The minimum Gasteiger partial charge on any atom is -0.456 e. The number of aryl methyl sites for hydroxylation is 2. The van der Waals surface area contributed by atoms with E-state index in [1.165, 1.54) is 17.5 Å². The molecule has 7 heteroatoms. The molecule has 0 aromatic heterocycles. The molecule has 1 atom stereocenters. The highest BCUT2D eigenvalue weighted by Crippen LogP contribution is 2.22. The smallest absolute Gasteiger partial charge is 0.329 e. The number of carbonyl (C=O) groups excluding carboxylic acids is 3. The monoisotopic (exact) mass is 364 g/mol. The third kappa shape index (κ3) is 5.77. The molecule has 6 nitrogen and oxygen atoms in total. The number of benzene rings is 1. The summed E-state index contributed by atoms with van der Waals surface area (Å²) in [6, 6.07) is 4.05. The molecule has 2 rings (SSSR count). The van der Waals surface area contributed by atoms with Gasteiger partial charge in [-0.3, -0.25) is 4.79 Å². The van der Waals surface area contributed by atoms with Crippen LogP contribution < -0.4 is 11.1 Å². The number of hydrogen-bond acceptors (Lipinski definition) is 5. The van der Waals surface area contributed by atoms with Crippen molar-refractivity contribution in [3.8, 4) is 0 Å². The fourth-order valence-corrected chi connectivity index (χ4v) is 3.36. The van der Waals surface area contributed by atoms with Crippen LogP contribution in [-0.4, -0.2) is 42.4 Å². The van der Waals surface area contributed by atoms with Gasteiger partial charge in [-0.1, -0.05) is 12.1 Å². The largest absolute Gasteiger partial charge is 0.456 e. The highest BCUT2D eigenvalue weighted by molar-refractivity contribution is 7.98. The molecule has 0 saturated heterocycles. The maximum atomic E-state index is 12.3. The van der Waals surface area contributed by atoms with Crippen molar-refractivity contribution in [3.63, 3.8) is 0 Å². The lowest BCUT2D eigenvalue weighted by Crippen LogP contribution is -2.45. The Bertz CT molecular complexity index is 648. The summed E-state index contributed by atoms with van der Waals surface area (Å²) in [6.07, 6.45) is 6.64. The fourth-order valence-electron chi connectivity index (χ4n) is 2.88. The number of rotatable bonds is 8. The van der Waals surface area contributed by atoms with Crippen LogP contribution in [-0.2, 0) is 22.4 Å². The van der Waals surface area contributed by atoms with Gasteiger partial charge in [-0.25, -0.2) is 9.59 Å². The van der Waals surface area contributed by atoms with Gasteiger partial charge in [0.15, 0.2) is 12.4 Å². The highest BCUT2D eigenvalue weighted by Gasteiger charge is 2.22. The molecule has 3 N–H and O–H groups in total. The van der Waals surface area contributed by atoms with Crippen LogP contribution in [0.25, 0.3) is 0 Å². The van der Waals surface area contributed by atoms with Gasteiger partial charge >= 0.3 is 12.0 Å². The molecule has 1 aliphatic rings. The third-order valence-corrected chi connectivity index (χ3v) is 4.87. The van der Waals surface area contributed by atoms with E-state index >= 15 is 0 Å². The van der Waals surface area contributed by atoms with Crippen LogP contribution in [0.3, 0.4) is 0 Å². The molecule has 0 unspecified atom stereocenters. The maximum Gasteiger partial charge on any atom is 0.329 e. The molecule has 1 aromatic rings. The molecule has 0 heterocycles. The van der Waals surface area contributed by atoms with Crippen molar-refractivity contribution in [2.24, 2.45) is 5.73 Å². The van der Waals surface area contributed by atoms with Crippen LogP contribution in [0, 0.1) is 0 Å². The number of nitrogens with two attached hydrogens (primary N) is 1. The fraction of sp³-hybridized carbons (Fsp3) is 0.500. The lowest BCUT2D eigenvalue weighted by molar-refractivity contribution is -0.144. The standard InChI is InChI=1S/C18H24N2O4S/c1-25-9-8-15(20-18(19)23)17(22)24-11-16(21)14-7-6-12-4-2-3-5-13(12)10-14/h6-7,10,15H,2-5,8-9,11H2,1H3,(H3,19,20,23)/t15-/m0/s1. The van der Waals surface area contributed by atoms with Crippen LogP contribution in [0.1, 0.15) is 40.7 Å². The summed E-state index contributed by atoms with van der Waals surface area (Å²) in [5.74, 6) is -0.220. The number of amides is 2. The van der Waals surface area contributed by atoms with Crippen molar-refractivity contribution >= 4 is 29.5 Å². The van der Waals surface area contributed by atoms with Gasteiger partial charge in [0.05, 0.1) is 0 Å². The lowest BCUT2D eigenvalue weighted by Gasteiger charge is -2.17. The molecular formula is C18H24N2O4S. The summed E-state index contributed by atoms with van der Waals surface area (Å²) in [5, 5.41) is 2.36. The van der Waals surface area contributed by atoms with Gasteiger partial charge in [0.1, 0.15) is 6.04 Å². The number of urea groups is 1. The Morgan fingerprint density at radius 1 is 1.24 bits per heavy atom. The summed E-state index contributed by atoms with van der Waals surface area (Å²) >= 11 is 1.54. The van der Waals surface area contributed by atoms with Gasteiger partial charge < -0.3 is 15.8 Å². The number of carbonyl (C=O) groups is 3. The van der Waals surface area contributed by atoms with E-state index in [9.17, 15) is 14.4 Å². The van der Waals surface area contributed by atoms with Gasteiger partial charge in [-0.2, -0.15) is 11.8 Å². The second-order valence-electron chi connectivity index (χ2n) is 6.06. The van der Waals surface area contributed by atoms with Crippen molar-refractivity contribution < 1.29 is 19.1 Å². The van der Waals surface area contributed by atoms with E-state index in [2.05, 4.69) is 5.32 Å². The Kier molecular flexibility index (Phi) is 7.31. The summed E-state index contributed by atoms with van der Waals surface area (Å²) in [6.45, 7) is -0.339. The molecule has 1 aromatic carbocycles. The lowest BCUT2D eigenvalue weighted by atomic mass is 9.90. The molecular weight excluding hydrogens is 340 g/mol. The van der Waals surface area contributed by atoms with Gasteiger partial charge in [0.25, 0.3) is 0 Å². The predicted molar refractivity (Wildman–Crippen MR) is 97.9 cm³/mol. The number of fused-ring (bicyclic) bond motifs is 1. The van der Waals surface area contributed by atoms with E-state index in [1.807, 2.05) is 18.4 Å². The maximum absolute atomic E-state index is 12.3. The van der Waals surface area contributed by atoms with Crippen LogP contribution in [0.15, 0.2) is 18.2 Å². The van der Waals surface area contributed by atoms with Crippen molar-refractivity contribution in [1.29, 1.82) is 0 Å². The first-order valence-electron chi connectivity index (χ1n) is 8.38. The zero-order chi connectivity index (χ0) is 18.2. The molecule has 0 fully saturated rings. The molecule has 1 aliphatic carbocycles. The van der Waals surface area contributed by atoms with Crippen LogP contribution in [0.5, 0.6) is 0 Å². The third-order valence-electron chi connectivity index (χ3n) is 4.23. The van der Waals surface area contributed by atoms with Crippen LogP contribution in [0.2, 0.25) is 0 Å². The Morgan fingerprint density at radius 2 is 1.96 bits per heavy atom. The van der Waals surface area contributed by atoms with Crippen LogP contribution >= 0.6 is 11.8 Å². The predicted octanol–water partition coefficient (Wildman–Crippen LogP) is 2.08. The van der Waals surface area contributed by atoms with E-state index in [4.69, 9.17) is 10.5 Å². The Balaban J connectivity index is 1.93. The molecule has 0 spiro atoms. The number of thioether (sulfide) groups is 1. The molecule has 0 radical (unpaired) electrons. The second kappa shape index (κ2) is 9.46. The zero-order valence-corrected chi connectivity index (χ0v) is 15.2. The molecule has 0 aliphatic heterocycles. The molecule has 0 bridgehead atoms. The number of nitrogens with one attached hydrogen (secondary N) is 1. The van der Waals surface area contributed by atoms with E-state index < -0.39 is 18.0 Å². The number of hydrogen-bond donors (Lipinski definition) is 2. The zero-order valence-electron chi connectivity index (χ0n) is 14.4. The number of ketones is 1. The Labute approximate surface area is 151 Å². The first kappa shape index (κ1) is 19.3. The second-order valence-corrected chi connectivity index (χ2v) is 7.05. The molecule has 25 heavy (non-hydrogen) atoms. The van der Waals surface area contributed by atoms with Crippen molar-refractivity contribution in [2.75, 3.05) is 18.6 Å². The normalized spacial score (nSPS) is 14.3. The highest BCUT2D eigenvalue weighted by atomic mass is 32.2. The minimum absolute atomic E-state index is 0.246. The number of primary amides is 1. The van der Waals surface area contributed by atoms with E-state index in [0.717, 1.165) is 19.3 Å². The van der Waals surface area contributed by atoms with E-state index in [0.29, 0.717) is 17.7 Å².